The predicted octanol–water partition coefficient (Wildman–Crippen LogP) is 22.9. The van der Waals surface area contributed by atoms with E-state index in [9.17, 15) is 43.2 Å². The molecule has 0 amide bonds. The molecule has 0 aromatic carbocycles. The molecule has 0 radical (unpaired) electrons. The van der Waals surface area contributed by atoms with E-state index in [1.165, 1.54) is 231 Å². The molecular formula is C77H150O17P2. The number of carbonyl (C=O) groups excluding carboxylic acids is 4. The van der Waals surface area contributed by atoms with Crippen molar-refractivity contribution >= 4 is 39.5 Å². The number of aliphatic hydroxyl groups is 1. The van der Waals surface area contributed by atoms with Crippen molar-refractivity contribution in [3.05, 3.63) is 0 Å². The van der Waals surface area contributed by atoms with Crippen molar-refractivity contribution in [2.24, 2.45) is 5.92 Å². The fraction of sp³-hybridized carbons (Fsp3) is 0.948. The first kappa shape index (κ1) is 94.1. The van der Waals surface area contributed by atoms with E-state index in [-0.39, 0.29) is 25.7 Å². The summed E-state index contributed by atoms with van der Waals surface area (Å²) in [6.07, 6.45) is 59.6. The van der Waals surface area contributed by atoms with Crippen LogP contribution in [0.4, 0.5) is 0 Å². The second kappa shape index (κ2) is 70.1. The zero-order valence-corrected chi connectivity index (χ0v) is 64.3. The number of aliphatic hydroxyl groups excluding tert-OH is 1. The highest BCUT2D eigenvalue weighted by Gasteiger charge is 2.30. The molecule has 96 heavy (non-hydrogen) atoms. The number of rotatable bonds is 77. The van der Waals surface area contributed by atoms with Gasteiger partial charge in [-0.3, -0.25) is 37.3 Å². The third-order valence-electron chi connectivity index (χ3n) is 18.0. The van der Waals surface area contributed by atoms with E-state index in [1.54, 1.807) is 0 Å². The highest BCUT2D eigenvalue weighted by molar-refractivity contribution is 7.47. The number of hydrogen-bond acceptors (Lipinski definition) is 15. The Morgan fingerprint density at radius 3 is 0.708 bits per heavy atom. The first-order valence-electron chi connectivity index (χ1n) is 40.1. The van der Waals surface area contributed by atoms with Crippen LogP contribution in [0.3, 0.4) is 0 Å². The topological polar surface area (TPSA) is 237 Å². The van der Waals surface area contributed by atoms with Gasteiger partial charge in [0.05, 0.1) is 26.4 Å². The lowest BCUT2D eigenvalue weighted by Gasteiger charge is -2.21. The summed E-state index contributed by atoms with van der Waals surface area (Å²) in [6.45, 7) is 7.29. The highest BCUT2D eigenvalue weighted by atomic mass is 31.2. The van der Waals surface area contributed by atoms with Gasteiger partial charge in [0, 0.05) is 25.7 Å². The van der Waals surface area contributed by atoms with Gasteiger partial charge in [-0.2, -0.15) is 0 Å². The lowest BCUT2D eigenvalue weighted by molar-refractivity contribution is -0.161. The van der Waals surface area contributed by atoms with Crippen molar-refractivity contribution in [1.29, 1.82) is 0 Å². The smallest absolute Gasteiger partial charge is 0.462 e. The fourth-order valence-corrected chi connectivity index (χ4v) is 13.5. The Hall–Kier alpha value is -1.94. The van der Waals surface area contributed by atoms with Crippen molar-refractivity contribution in [1.82, 2.24) is 0 Å². The summed E-state index contributed by atoms with van der Waals surface area (Å²) < 4.78 is 68.6. The summed E-state index contributed by atoms with van der Waals surface area (Å²) in [5, 5.41) is 10.6. The minimum Gasteiger partial charge on any atom is -0.462 e. The Labute approximate surface area is 588 Å². The molecular weight excluding hydrogens is 1260 g/mol. The molecule has 0 saturated heterocycles. The van der Waals surface area contributed by atoms with E-state index >= 15 is 0 Å². The third kappa shape index (κ3) is 70.5. The summed E-state index contributed by atoms with van der Waals surface area (Å²) in [5.41, 5.74) is 0. The van der Waals surface area contributed by atoms with Gasteiger partial charge in [-0.05, 0) is 31.6 Å². The van der Waals surface area contributed by atoms with E-state index < -0.39 is 97.5 Å². The van der Waals surface area contributed by atoms with E-state index in [0.29, 0.717) is 25.7 Å². The molecule has 0 spiro atoms. The molecule has 2 unspecified atom stereocenters. The molecule has 0 aromatic heterocycles. The summed E-state index contributed by atoms with van der Waals surface area (Å²) in [5.74, 6) is -1.36. The molecule has 570 valence electrons. The van der Waals surface area contributed by atoms with Crippen molar-refractivity contribution in [2.45, 2.75) is 425 Å². The normalized spacial score (nSPS) is 13.9. The van der Waals surface area contributed by atoms with Gasteiger partial charge in [-0.25, -0.2) is 9.13 Å². The minimum atomic E-state index is -4.96. The average Bonchev–Trinajstić information content (AvgIpc) is 1.54. The molecule has 19 heteroatoms. The minimum absolute atomic E-state index is 0.106. The first-order valence-corrected chi connectivity index (χ1v) is 43.1. The molecule has 17 nitrogen and oxygen atoms in total. The van der Waals surface area contributed by atoms with Crippen LogP contribution in [0, 0.1) is 5.92 Å². The molecule has 0 heterocycles. The zero-order chi connectivity index (χ0) is 70.5. The molecule has 0 saturated carbocycles. The SMILES string of the molecule is CCCCCCCCCCCCCCCCCCCC(=O)O[C@H](COC(=O)CCCCCCCCCCCCCCCCCC)COP(=O)(O)OC[C@@H](O)COP(=O)(O)OC[C@@H](COC(=O)CCCCCCCCCCCC)OC(=O)CCCCCCCCCCCCC(C)C. The van der Waals surface area contributed by atoms with Gasteiger partial charge in [0.1, 0.15) is 19.3 Å². The number of hydrogen-bond donors (Lipinski definition) is 3. The van der Waals surface area contributed by atoms with Crippen molar-refractivity contribution in [3.63, 3.8) is 0 Å². The molecule has 3 N–H and O–H groups in total. The number of phosphoric ester groups is 2. The lowest BCUT2D eigenvalue weighted by Crippen LogP contribution is -2.30. The van der Waals surface area contributed by atoms with E-state index in [4.69, 9.17) is 37.0 Å². The molecule has 0 aromatic rings. The van der Waals surface area contributed by atoms with Crippen LogP contribution in [0.5, 0.6) is 0 Å². The summed E-state index contributed by atoms with van der Waals surface area (Å²) in [4.78, 5) is 72.8. The standard InChI is InChI=1S/C77H150O17P2/c1-6-9-12-15-18-21-24-26-28-30-32-34-36-42-47-52-57-62-76(81)93-73(67-88-75(80)61-56-51-46-41-35-33-31-29-27-25-22-19-16-13-10-7-2)69-92-96(85,86)90-65-71(78)64-89-95(83,84)91-68-72(66-87-74(79)60-55-50-45-40-23-20-17-14-11-8-3)94-77(82)63-58-53-48-43-38-37-39-44-49-54-59-70(4)5/h70-73,78H,6-69H2,1-5H3,(H,83,84)(H,85,86)/t71-,72+,73+/m0/s1. The van der Waals surface area contributed by atoms with Gasteiger partial charge in [0.15, 0.2) is 12.2 Å². The van der Waals surface area contributed by atoms with Crippen LogP contribution >= 0.6 is 15.6 Å². The maximum atomic E-state index is 13.1. The number of esters is 4. The largest absolute Gasteiger partial charge is 0.472 e. The Bertz CT molecular complexity index is 1840. The van der Waals surface area contributed by atoms with Crippen LogP contribution in [0.25, 0.3) is 0 Å². The highest BCUT2D eigenvalue weighted by Crippen LogP contribution is 2.45. The van der Waals surface area contributed by atoms with Crippen molar-refractivity contribution in [3.8, 4) is 0 Å². The van der Waals surface area contributed by atoms with Crippen LogP contribution < -0.4 is 0 Å². The molecule has 5 atom stereocenters. The second-order valence-corrected chi connectivity index (χ2v) is 31.1. The molecule has 0 aliphatic heterocycles. The van der Waals surface area contributed by atoms with E-state index in [0.717, 1.165) is 95.8 Å². The fourth-order valence-electron chi connectivity index (χ4n) is 11.9. The molecule has 0 bridgehead atoms. The molecule has 0 rings (SSSR count). The van der Waals surface area contributed by atoms with Crippen LogP contribution in [0.15, 0.2) is 0 Å². The van der Waals surface area contributed by atoms with Gasteiger partial charge in [-0.1, -0.05) is 356 Å². The molecule has 0 aliphatic rings. The number of unbranched alkanes of at least 4 members (excludes halogenated alkanes) is 49. The van der Waals surface area contributed by atoms with Crippen LogP contribution in [-0.2, 0) is 65.4 Å². The lowest BCUT2D eigenvalue weighted by atomic mass is 10.0. The van der Waals surface area contributed by atoms with E-state index in [2.05, 4.69) is 34.6 Å². The number of carbonyl (C=O) groups is 4. The average molecular weight is 1410 g/mol. The summed E-state index contributed by atoms with van der Waals surface area (Å²) >= 11 is 0. The van der Waals surface area contributed by atoms with Gasteiger partial charge in [-0.15, -0.1) is 0 Å². The summed E-state index contributed by atoms with van der Waals surface area (Å²) in [6, 6.07) is 0. The van der Waals surface area contributed by atoms with Crippen LogP contribution in [0.1, 0.15) is 407 Å². The molecule has 0 fully saturated rings. The molecule has 0 aliphatic carbocycles. The summed E-state index contributed by atoms with van der Waals surface area (Å²) in [7, 11) is -9.91. The van der Waals surface area contributed by atoms with Gasteiger partial charge in [0.25, 0.3) is 0 Å². The monoisotopic (exact) mass is 1410 g/mol. The van der Waals surface area contributed by atoms with Crippen molar-refractivity contribution < 1.29 is 80.2 Å². The van der Waals surface area contributed by atoms with Gasteiger partial charge >= 0.3 is 39.5 Å². The first-order chi connectivity index (χ1) is 46.5. The maximum Gasteiger partial charge on any atom is 0.472 e. The Morgan fingerprint density at radius 1 is 0.281 bits per heavy atom. The van der Waals surface area contributed by atoms with Gasteiger partial charge < -0.3 is 33.8 Å². The predicted molar refractivity (Wildman–Crippen MR) is 391 cm³/mol. The number of ether oxygens (including phenoxy) is 4. The van der Waals surface area contributed by atoms with Gasteiger partial charge in [0.2, 0.25) is 0 Å². The third-order valence-corrected chi connectivity index (χ3v) is 19.9. The second-order valence-electron chi connectivity index (χ2n) is 28.2. The Kier molecular flexibility index (Phi) is 68.7. The maximum absolute atomic E-state index is 13.1. The Balaban J connectivity index is 5.24. The van der Waals surface area contributed by atoms with Crippen molar-refractivity contribution in [2.75, 3.05) is 39.6 Å². The number of phosphoric acid groups is 2. The van der Waals surface area contributed by atoms with Crippen LogP contribution in [-0.4, -0.2) is 96.7 Å². The van der Waals surface area contributed by atoms with Crippen LogP contribution in [0.2, 0.25) is 0 Å². The quantitative estimate of drug-likeness (QED) is 0.0222. The Morgan fingerprint density at radius 2 is 0.479 bits per heavy atom. The van der Waals surface area contributed by atoms with E-state index in [1.807, 2.05) is 0 Å². The zero-order valence-electron chi connectivity index (χ0n) is 62.5.